The highest BCUT2D eigenvalue weighted by Gasteiger charge is 2.21. The number of hydrogen-bond donors (Lipinski definition) is 1. The highest BCUT2D eigenvalue weighted by Crippen LogP contribution is 2.23. The molecule has 0 bridgehead atoms. The van der Waals surface area contributed by atoms with Crippen LogP contribution in [-0.4, -0.2) is 28.6 Å². The molecule has 0 spiro atoms. The Kier molecular flexibility index (Phi) is 2.58. The molecule has 4 heteroatoms. The highest BCUT2D eigenvalue weighted by molar-refractivity contribution is 5.85. The van der Waals surface area contributed by atoms with Gasteiger partial charge in [0.05, 0.1) is 0 Å². The lowest BCUT2D eigenvalue weighted by molar-refractivity contribution is 0.0690. The number of pyridine rings is 1. The second-order valence-electron chi connectivity index (χ2n) is 3.87. The van der Waals surface area contributed by atoms with E-state index < -0.39 is 5.97 Å². The van der Waals surface area contributed by atoms with Crippen LogP contribution in [0.2, 0.25) is 0 Å². The summed E-state index contributed by atoms with van der Waals surface area (Å²) < 4.78 is 0. The Morgan fingerprint density at radius 1 is 1.60 bits per heavy atom. The van der Waals surface area contributed by atoms with Gasteiger partial charge in [-0.3, -0.25) is 0 Å². The van der Waals surface area contributed by atoms with E-state index in [1.807, 2.05) is 6.07 Å². The van der Waals surface area contributed by atoms with E-state index in [-0.39, 0.29) is 5.69 Å². The van der Waals surface area contributed by atoms with Gasteiger partial charge in [0.15, 0.2) is 5.69 Å². The van der Waals surface area contributed by atoms with E-state index in [4.69, 9.17) is 5.11 Å². The molecule has 1 aliphatic rings. The third kappa shape index (κ3) is 1.93. The molecule has 2 rings (SSSR count). The van der Waals surface area contributed by atoms with Crippen LogP contribution in [-0.2, 0) is 0 Å². The summed E-state index contributed by atoms with van der Waals surface area (Å²) in [6.45, 7) is 3.11. The summed E-state index contributed by atoms with van der Waals surface area (Å²) in [5.41, 5.74) is 0.117. The molecule has 15 heavy (non-hydrogen) atoms. The number of rotatable bonds is 2. The molecule has 1 aliphatic heterocycles. The van der Waals surface area contributed by atoms with Gasteiger partial charge in [-0.1, -0.05) is 6.07 Å². The maximum Gasteiger partial charge on any atom is 0.354 e. The van der Waals surface area contributed by atoms with E-state index in [9.17, 15) is 4.79 Å². The van der Waals surface area contributed by atoms with Crippen LogP contribution in [0.5, 0.6) is 0 Å². The predicted molar refractivity (Wildman–Crippen MR) is 57.2 cm³/mol. The highest BCUT2D eigenvalue weighted by atomic mass is 16.4. The molecule has 0 radical (unpaired) electrons. The molecule has 1 aromatic rings. The lowest BCUT2D eigenvalue weighted by Crippen LogP contribution is -2.27. The molecule has 1 fully saturated rings. The first kappa shape index (κ1) is 9.96. The number of anilines is 1. The van der Waals surface area contributed by atoms with Crippen LogP contribution < -0.4 is 4.90 Å². The Balaban J connectivity index is 2.28. The molecule has 0 aliphatic carbocycles. The zero-order valence-corrected chi connectivity index (χ0v) is 8.68. The zero-order valence-electron chi connectivity index (χ0n) is 8.68. The predicted octanol–water partition coefficient (Wildman–Crippen LogP) is 1.77. The van der Waals surface area contributed by atoms with Gasteiger partial charge in [-0.2, -0.15) is 0 Å². The van der Waals surface area contributed by atoms with E-state index in [0.29, 0.717) is 6.04 Å². The number of nitrogens with zero attached hydrogens (tertiary/aromatic N) is 2. The van der Waals surface area contributed by atoms with E-state index in [2.05, 4.69) is 16.8 Å². The summed E-state index contributed by atoms with van der Waals surface area (Å²) in [4.78, 5) is 17.1. The van der Waals surface area contributed by atoms with Crippen molar-refractivity contribution in [2.45, 2.75) is 25.8 Å². The Bertz CT molecular complexity index is 379. The minimum Gasteiger partial charge on any atom is -0.477 e. The fraction of sp³-hybridized carbons (Fsp3) is 0.455. The summed E-state index contributed by atoms with van der Waals surface area (Å²) in [6, 6.07) is 5.60. The van der Waals surface area contributed by atoms with Crippen molar-refractivity contribution in [1.29, 1.82) is 0 Å². The van der Waals surface area contributed by atoms with E-state index >= 15 is 0 Å². The smallest absolute Gasteiger partial charge is 0.354 e. The van der Waals surface area contributed by atoms with Crippen molar-refractivity contribution in [3.05, 3.63) is 23.9 Å². The quantitative estimate of drug-likeness (QED) is 0.801. The first-order valence-corrected chi connectivity index (χ1v) is 5.15. The summed E-state index contributed by atoms with van der Waals surface area (Å²) in [6.07, 6.45) is 2.30. The van der Waals surface area contributed by atoms with Crippen LogP contribution in [0.1, 0.15) is 30.3 Å². The topological polar surface area (TPSA) is 53.4 Å². The molecule has 0 saturated carbocycles. The summed E-state index contributed by atoms with van der Waals surface area (Å²) >= 11 is 0. The van der Waals surface area contributed by atoms with Crippen molar-refractivity contribution in [3.63, 3.8) is 0 Å². The average molecular weight is 206 g/mol. The Labute approximate surface area is 88.6 Å². The van der Waals surface area contributed by atoms with Crippen molar-refractivity contribution in [1.82, 2.24) is 4.98 Å². The first-order valence-electron chi connectivity index (χ1n) is 5.15. The molecule has 1 unspecified atom stereocenters. The normalized spacial score (nSPS) is 20.6. The molecule has 1 N–H and O–H groups in total. The van der Waals surface area contributed by atoms with Crippen LogP contribution in [0.25, 0.3) is 0 Å². The van der Waals surface area contributed by atoms with E-state index in [1.54, 1.807) is 6.07 Å². The minimum atomic E-state index is -0.969. The summed E-state index contributed by atoms with van der Waals surface area (Å²) in [5, 5.41) is 8.84. The number of hydrogen-bond acceptors (Lipinski definition) is 3. The van der Waals surface area contributed by atoms with E-state index in [1.165, 1.54) is 6.07 Å². The molecule has 0 amide bonds. The molecule has 0 aromatic carbocycles. The van der Waals surface area contributed by atoms with Crippen molar-refractivity contribution >= 4 is 11.8 Å². The standard InChI is InChI=1S/C11H14N2O2/c1-8-4-3-7-13(8)10-6-2-5-9(12-10)11(14)15/h2,5-6,8H,3-4,7H2,1H3,(H,14,15). The van der Waals surface area contributed by atoms with Crippen molar-refractivity contribution in [3.8, 4) is 0 Å². The summed E-state index contributed by atoms with van der Waals surface area (Å²) in [7, 11) is 0. The fourth-order valence-electron chi connectivity index (χ4n) is 1.98. The number of carboxylic acid groups (broad SMARTS) is 1. The average Bonchev–Trinajstić information content (AvgIpc) is 2.64. The number of carbonyl (C=O) groups is 1. The van der Waals surface area contributed by atoms with Gasteiger partial charge < -0.3 is 10.0 Å². The number of aromatic carboxylic acids is 1. The van der Waals surface area contributed by atoms with Gasteiger partial charge in [0.2, 0.25) is 0 Å². The van der Waals surface area contributed by atoms with Gasteiger partial charge in [-0.25, -0.2) is 9.78 Å². The lowest BCUT2D eigenvalue weighted by atomic mass is 10.2. The number of carboxylic acids is 1. The van der Waals surface area contributed by atoms with Crippen LogP contribution in [0, 0.1) is 0 Å². The molecular formula is C11H14N2O2. The molecule has 80 valence electrons. The Hall–Kier alpha value is -1.58. The van der Waals surface area contributed by atoms with Crippen LogP contribution in [0.15, 0.2) is 18.2 Å². The fourth-order valence-corrected chi connectivity index (χ4v) is 1.98. The van der Waals surface area contributed by atoms with Gasteiger partial charge in [0.25, 0.3) is 0 Å². The van der Waals surface area contributed by atoms with Gasteiger partial charge in [-0.15, -0.1) is 0 Å². The molecule has 1 aromatic heterocycles. The Morgan fingerprint density at radius 2 is 2.40 bits per heavy atom. The molecule has 2 heterocycles. The van der Waals surface area contributed by atoms with Crippen molar-refractivity contribution < 1.29 is 9.90 Å². The first-order chi connectivity index (χ1) is 7.18. The third-order valence-electron chi connectivity index (χ3n) is 2.80. The van der Waals surface area contributed by atoms with Crippen LogP contribution in [0.3, 0.4) is 0 Å². The number of aromatic nitrogens is 1. The maximum absolute atomic E-state index is 10.8. The van der Waals surface area contributed by atoms with Crippen LogP contribution in [0.4, 0.5) is 5.82 Å². The lowest BCUT2D eigenvalue weighted by Gasteiger charge is -2.22. The zero-order chi connectivity index (χ0) is 10.8. The Morgan fingerprint density at radius 3 is 3.00 bits per heavy atom. The maximum atomic E-state index is 10.8. The van der Waals surface area contributed by atoms with Gasteiger partial charge >= 0.3 is 5.97 Å². The second kappa shape index (κ2) is 3.88. The van der Waals surface area contributed by atoms with E-state index in [0.717, 1.165) is 25.2 Å². The third-order valence-corrected chi connectivity index (χ3v) is 2.80. The summed E-state index contributed by atoms with van der Waals surface area (Å²) in [5.74, 6) is -0.191. The minimum absolute atomic E-state index is 0.117. The van der Waals surface area contributed by atoms with Gasteiger partial charge in [0, 0.05) is 12.6 Å². The molecule has 1 saturated heterocycles. The van der Waals surface area contributed by atoms with Crippen LogP contribution >= 0.6 is 0 Å². The molecule has 4 nitrogen and oxygen atoms in total. The monoisotopic (exact) mass is 206 g/mol. The van der Waals surface area contributed by atoms with Gasteiger partial charge in [-0.05, 0) is 31.9 Å². The largest absolute Gasteiger partial charge is 0.477 e. The SMILES string of the molecule is CC1CCCN1c1cccc(C(=O)O)n1. The van der Waals surface area contributed by atoms with Crippen molar-refractivity contribution in [2.24, 2.45) is 0 Å². The molecular weight excluding hydrogens is 192 g/mol. The van der Waals surface area contributed by atoms with Gasteiger partial charge in [0.1, 0.15) is 5.82 Å². The van der Waals surface area contributed by atoms with Crippen molar-refractivity contribution in [2.75, 3.05) is 11.4 Å². The molecule has 1 atom stereocenters. The second-order valence-corrected chi connectivity index (χ2v) is 3.87.